The second kappa shape index (κ2) is 12.4. The van der Waals surface area contributed by atoms with Crippen LogP contribution in [0.25, 0.3) is 20.7 Å². The van der Waals surface area contributed by atoms with Crippen LogP contribution in [0, 0.1) is 56.8 Å². The number of anilines is 2. The largest absolute Gasteiger partial charge is 0.507 e. The van der Waals surface area contributed by atoms with E-state index in [0.717, 1.165) is 37.2 Å². The molecule has 3 fully saturated rings. The summed E-state index contributed by atoms with van der Waals surface area (Å²) in [6.45, 7) is 9.37. The third-order valence-corrected chi connectivity index (χ3v) is 14.7. The van der Waals surface area contributed by atoms with Gasteiger partial charge in [-0.3, -0.25) is 23.9 Å². The molecular formula is C43H38Cl2N4O5S. The molecule has 1 N–H and O–H groups in total. The molecule has 6 atom stereocenters. The van der Waals surface area contributed by atoms with E-state index >= 15 is 4.79 Å². The number of thiophene rings is 1. The van der Waals surface area contributed by atoms with Crippen molar-refractivity contribution in [2.45, 2.75) is 53.4 Å². The summed E-state index contributed by atoms with van der Waals surface area (Å²) in [4.78, 5) is 62.2. The Morgan fingerprint density at radius 2 is 1.58 bits per heavy atom. The lowest BCUT2D eigenvalue weighted by Gasteiger charge is -2.49. The van der Waals surface area contributed by atoms with Crippen molar-refractivity contribution in [3.8, 4) is 16.3 Å². The SMILES string of the molecule is Cc1ccc(N2C(=O)[C@H]3[C@H](CC=C4[C@H]3C[C@H]3C(=O)N(c5cc(-c6sc7ccc(Cl)cc7c6C)nn5C)C(=O)[C@@]3(C)[C@H]4c3cc(C)c(O)c(C)c3)C2=O)cc1Cl. The Labute approximate surface area is 332 Å². The molecule has 2 aromatic heterocycles. The minimum atomic E-state index is -1.24. The van der Waals surface area contributed by atoms with Crippen molar-refractivity contribution in [1.29, 1.82) is 0 Å². The van der Waals surface area contributed by atoms with Crippen LogP contribution in [-0.2, 0) is 26.2 Å². The number of aryl methyl sites for hydroxylation is 5. The predicted octanol–water partition coefficient (Wildman–Crippen LogP) is 8.98. The zero-order chi connectivity index (χ0) is 39.0. The Morgan fingerprint density at radius 1 is 0.855 bits per heavy atom. The van der Waals surface area contributed by atoms with Gasteiger partial charge in [-0.1, -0.05) is 53.1 Å². The second-order valence-electron chi connectivity index (χ2n) is 15.8. The highest BCUT2D eigenvalue weighted by Crippen LogP contribution is 2.64. The number of carbonyl (C=O) groups excluding carboxylic acids is 4. The average Bonchev–Trinajstić information content (AvgIpc) is 3.81. The van der Waals surface area contributed by atoms with Gasteiger partial charge in [0.15, 0.2) is 0 Å². The van der Waals surface area contributed by atoms with Crippen molar-refractivity contribution < 1.29 is 24.3 Å². The standard InChI is InChI=1S/C43H38Cl2N4O5S/c1-19-7-9-25(16-31(19)45)48-39(51)27-11-10-26-29(35(27)41(48)53)17-30-40(52)49(42(54)43(30,5)36(26)23-13-20(2)37(50)21(3)14-23)34-18-32(46-47(34)6)38-22(4)28-15-24(44)8-12-33(28)55-38/h7-10,12-16,18,27,29-30,35-36,50H,11,17H2,1-6H3/t27-,29+,30-,35-,36-,43+/m0/s1. The molecule has 0 unspecified atom stereocenters. The van der Waals surface area contributed by atoms with E-state index in [0.29, 0.717) is 44.8 Å². The van der Waals surface area contributed by atoms with Crippen molar-refractivity contribution in [3.05, 3.63) is 104 Å². The van der Waals surface area contributed by atoms with Crippen LogP contribution in [0.2, 0.25) is 10.0 Å². The Bertz CT molecular complexity index is 2590. The Morgan fingerprint density at radius 3 is 2.29 bits per heavy atom. The van der Waals surface area contributed by atoms with Crippen molar-refractivity contribution in [1.82, 2.24) is 9.78 Å². The summed E-state index contributed by atoms with van der Waals surface area (Å²) in [5, 5.41) is 17.7. The number of amides is 4. The van der Waals surface area contributed by atoms with Gasteiger partial charge in [-0.15, -0.1) is 11.3 Å². The summed E-state index contributed by atoms with van der Waals surface area (Å²) in [6.07, 6.45) is 2.58. The smallest absolute Gasteiger partial charge is 0.242 e. The fourth-order valence-electron chi connectivity index (χ4n) is 9.96. The molecule has 4 heterocycles. The summed E-state index contributed by atoms with van der Waals surface area (Å²) >= 11 is 14.4. The molecule has 0 bridgehead atoms. The zero-order valence-electron chi connectivity index (χ0n) is 31.1. The summed E-state index contributed by atoms with van der Waals surface area (Å²) < 4.78 is 2.63. The van der Waals surface area contributed by atoms with Gasteiger partial charge in [0.2, 0.25) is 23.6 Å². The van der Waals surface area contributed by atoms with Crippen LogP contribution in [-0.4, -0.2) is 38.5 Å². The topological polar surface area (TPSA) is 113 Å². The lowest BCUT2D eigenvalue weighted by atomic mass is 9.51. The van der Waals surface area contributed by atoms with Gasteiger partial charge >= 0.3 is 0 Å². The average molecular weight is 794 g/mol. The first-order valence-electron chi connectivity index (χ1n) is 18.4. The summed E-state index contributed by atoms with van der Waals surface area (Å²) in [6, 6.07) is 16.5. The number of imide groups is 2. The number of hydrogen-bond acceptors (Lipinski definition) is 7. The molecule has 3 aromatic carbocycles. The Balaban J connectivity index is 1.16. The maximum Gasteiger partial charge on any atom is 0.242 e. The molecule has 1 saturated carbocycles. The monoisotopic (exact) mass is 792 g/mol. The van der Waals surface area contributed by atoms with Crippen LogP contribution in [0.5, 0.6) is 5.75 Å². The van der Waals surface area contributed by atoms with Crippen molar-refractivity contribution >= 4 is 79.8 Å². The summed E-state index contributed by atoms with van der Waals surface area (Å²) in [5.41, 5.74) is 4.60. The van der Waals surface area contributed by atoms with E-state index in [1.807, 2.05) is 71.0 Å². The number of hydrogen-bond donors (Lipinski definition) is 1. The van der Waals surface area contributed by atoms with Gasteiger partial charge in [-0.25, -0.2) is 9.80 Å². The highest BCUT2D eigenvalue weighted by Gasteiger charge is 2.68. The lowest BCUT2D eigenvalue weighted by molar-refractivity contribution is -0.131. The molecule has 2 aliphatic heterocycles. The van der Waals surface area contributed by atoms with Crippen LogP contribution in [0.15, 0.2) is 66.2 Å². The van der Waals surface area contributed by atoms with Crippen molar-refractivity contribution in [2.75, 3.05) is 9.80 Å². The second-order valence-corrected chi connectivity index (χ2v) is 17.7. The van der Waals surface area contributed by atoms with E-state index in [1.54, 1.807) is 47.3 Å². The minimum absolute atomic E-state index is 0.163. The van der Waals surface area contributed by atoms with Crippen LogP contribution < -0.4 is 9.80 Å². The number of nitrogens with zero attached hydrogens (tertiary/aromatic N) is 4. The highest BCUT2D eigenvalue weighted by atomic mass is 35.5. The molecule has 280 valence electrons. The predicted molar refractivity (Wildman–Crippen MR) is 215 cm³/mol. The van der Waals surface area contributed by atoms with E-state index < -0.39 is 35.0 Å². The number of phenols is 1. The van der Waals surface area contributed by atoms with E-state index in [2.05, 4.69) is 0 Å². The van der Waals surface area contributed by atoms with E-state index in [-0.39, 0.29) is 35.8 Å². The molecule has 4 amide bonds. The summed E-state index contributed by atoms with van der Waals surface area (Å²) in [5.74, 6) is -4.03. The van der Waals surface area contributed by atoms with E-state index in [1.165, 1.54) is 9.80 Å². The molecule has 9 rings (SSSR count). The Hall–Kier alpha value is -4.77. The Kier molecular flexibility index (Phi) is 8.07. The number of halogens is 2. The van der Waals surface area contributed by atoms with E-state index in [9.17, 15) is 19.5 Å². The number of rotatable bonds is 4. The number of fused-ring (bicyclic) bond motifs is 5. The van der Waals surface area contributed by atoms with Gasteiger partial charge in [0.05, 0.1) is 33.7 Å². The third kappa shape index (κ3) is 5.00. The fraction of sp³-hybridized carbons (Fsp3) is 0.326. The van der Waals surface area contributed by atoms with Gasteiger partial charge in [-0.05, 0) is 117 Å². The van der Waals surface area contributed by atoms with Crippen LogP contribution in [0.3, 0.4) is 0 Å². The van der Waals surface area contributed by atoms with Gasteiger partial charge < -0.3 is 5.11 Å². The normalized spacial score (nSPS) is 26.2. The first-order valence-corrected chi connectivity index (χ1v) is 19.9. The number of aromatic nitrogens is 2. The first-order chi connectivity index (χ1) is 26.1. The number of benzene rings is 3. The van der Waals surface area contributed by atoms with Gasteiger partial charge in [-0.2, -0.15) is 5.10 Å². The minimum Gasteiger partial charge on any atom is -0.507 e. The van der Waals surface area contributed by atoms with Crippen LogP contribution in [0.4, 0.5) is 11.5 Å². The molecule has 2 aliphatic carbocycles. The first kappa shape index (κ1) is 35.9. The lowest BCUT2D eigenvalue weighted by Crippen LogP contribution is -2.49. The highest BCUT2D eigenvalue weighted by molar-refractivity contribution is 7.22. The van der Waals surface area contributed by atoms with Crippen molar-refractivity contribution in [2.24, 2.45) is 36.1 Å². The molecule has 0 spiro atoms. The maximum atomic E-state index is 15.2. The number of allylic oxidation sites excluding steroid dienone is 2. The molecule has 2 saturated heterocycles. The van der Waals surface area contributed by atoms with Crippen molar-refractivity contribution in [3.63, 3.8) is 0 Å². The molecular weight excluding hydrogens is 755 g/mol. The quantitative estimate of drug-likeness (QED) is 0.144. The molecule has 5 aromatic rings. The fourth-order valence-corrected chi connectivity index (χ4v) is 11.5. The maximum absolute atomic E-state index is 15.2. The molecule has 9 nitrogen and oxygen atoms in total. The summed E-state index contributed by atoms with van der Waals surface area (Å²) in [7, 11) is 1.73. The number of phenolic OH excluding ortho intramolecular Hbond substituents is 1. The van der Waals surface area contributed by atoms with Gasteiger partial charge in [0.1, 0.15) is 17.3 Å². The molecule has 55 heavy (non-hydrogen) atoms. The number of aromatic hydroxyl groups is 1. The third-order valence-electron chi connectivity index (χ3n) is 12.8. The van der Waals surface area contributed by atoms with E-state index in [4.69, 9.17) is 28.3 Å². The zero-order valence-corrected chi connectivity index (χ0v) is 33.4. The van der Waals surface area contributed by atoms with Gasteiger partial charge in [0, 0.05) is 33.8 Å². The molecule has 0 radical (unpaired) electrons. The van der Waals surface area contributed by atoms with Gasteiger partial charge in [0.25, 0.3) is 0 Å². The number of carbonyl (C=O) groups is 4. The van der Waals surface area contributed by atoms with Crippen LogP contribution in [0.1, 0.15) is 53.5 Å². The molecule has 4 aliphatic rings. The van der Waals surface area contributed by atoms with Crippen LogP contribution >= 0.6 is 34.5 Å². The molecule has 12 heteroatoms.